The molecule has 7 heteroatoms. The minimum atomic E-state index is -4.41. The summed E-state index contributed by atoms with van der Waals surface area (Å²) in [6, 6.07) is 6.95. The van der Waals surface area contributed by atoms with Gasteiger partial charge in [0.1, 0.15) is 6.54 Å². The van der Waals surface area contributed by atoms with Crippen molar-refractivity contribution in [2.75, 3.05) is 30.3 Å². The Labute approximate surface area is 115 Å². The van der Waals surface area contributed by atoms with E-state index in [0.717, 1.165) is 6.42 Å². The molecule has 1 aromatic carbocycles. The summed E-state index contributed by atoms with van der Waals surface area (Å²) in [6.07, 6.45) is -3.65. The number of nitrogens with zero attached hydrogens (tertiary/aromatic N) is 1. The van der Waals surface area contributed by atoms with Crippen LogP contribution in [0.2, 0.25) is 0 Å². The molecule has 0 saturated heterocycles. The lowest BCUT2D eigenvalue weighted by Gasteiger charge is -2.25. The van der Waals surface area contributed by atoms with E-state index in [2.05, 4.69) is 0 Å². The number of hydrogen-bond donors (Lipinski definition) is 2. The van der Waals surface area contributed by atoms with Crippen molar-refractivity contribution in [3.05, 3.63) is 24.3 Å². The fourth-order valence-electron chi connectivity index (χ4n) is 1.76. The molecular formula is C13H18F3N3O. The topological polar surface area (TPSA) is 58.4 Å². The van der Waals surface area contributed by atoms with Crippen molar-refractivity contribution in [3.63, 3.8) is 0 Å². The lowest BCUT2D eigenvalue weighted by atomic mass is 10.2. The number of nitrogens with one attached hydrogen (secondary N) is 1. The molecule has 0 unspecified atom stereocenters. The van der Waals surface area contributed by atoms with Crippen LogP contribution in [0.25, 0.3) is 0 Å². The number of anilines is 2. The Kier molecular flexibility index (Phi) is 5.66. The number of carbonyl (C=O) groups is 1. The highest BCUT2D eigenvalue weighted by Gasteiger charge is 2.28. The van der Waals surface area contributed by atoms with Gasteiger partial charge in [0.05, 0.1) is 17.9 Å². The first-order valence-electron chi connectivity index (χ1n) is 6.26. The molecular weight excluding hydrogens is 271 g/mol. The number of amides is 1. The summed E-state index contributed by atoms with van der Waals surface area (Å²) in [7, 11) is 0. The summed E-state index contributed by atoms with van der Waals surface area (Å²) in [5, 5.41) is 1.85. The molecule has 0 aliphatic heterocycles. The molecule has 0 bridgehead atoms. The number of hydrogen-bond acceptors (Lipinski definition) is 3. The molecule has 0 aliphatic carbocycles. The molecule has 3 N–H and O–H groups in total. The summed E-state index contributed by atoms with van der Waals surface area (Å²) < 4.78 is 36.1. The van der Waals surface area contributed by atoms with E-state index < -0.39 is 18.6 Å². The zero-order chi connectivity index (χ0) is 15.2. The third kappa shape index (κ3) is 5.38. The number of para-hydroxylation sites is 2. The lowest BCUT2D eigenvalue weighted by Crippen LogP contribution is -2.41. The molecule has 0 saturated carbocycles. The summed E-state index contributed by atoms with van der Waals surface area (Å²) in [5.74, 6) is -0.681. The van der Waals surface area contributed by atoms with E-state index in [1.165, 1.54) is 0 Å². The second-order valence-electron chi connectivity index (χ2n) is 4.37. The van der Waals surface area contributed by atoms with Gasteiger partial charge in [-0.05, 0) is 18.6 Å². The molecule has 20 heavy (non-hydrogen) atoms. The summed E-state index contributed by atoms with van der Waals surface area (Å²) in [5.41, 5.74) is 6.96. The molecule has 0 radical (unpaired) electrons. The third-order valence-electron chi connectivity index (χ3n) is 2.59. The second-order valence-corrected chi connectivity index (χ2v) is 4.37. The van der Waals surface area contributed by atoms with Crippen molar-refractivity contribution in [1.82, 2.24) is 5.32 Å². The van der Waals surface area contributed by atoms with Crippen LogP contribution < -0.4 is 16.0 Å². The molecule has 0 fully saturated rings. The summed E-state index contributed by atoms with van der Waals surface area (Å²) >= 11 is 0. The summed E-state index contributed by atoms with van der Waals surface area (Å²) in [4.78, 5) is 13.2. The maximum Gasteiger partial charge on any atom is 0.405 e. The highest BCUT2D eigenvalue weighted by atomic mass is 19.4. The molecule has 1 rings (SSSR count). The lowest BCUT2D eigenvalue weighted by molar-refractivity contribution is -0.137. The molecule has 0 spiro atoms. The Bertz CT molecular complexity index is 449. The van der Waals surface area contributed by atoms with Crippen LogP contribution in [0.15, 0.2) is 24.3 Å². The zero-order valence-electron chi connectivity index (χ0n) is 11.2. The molecule has 4 nitrogen and oxygen atoms in total. The van der Waals surface area contributed by atoms with Crippen LogP contribution in [-0.4, -0.2) is 31.7 Å². The van der Waals surface area contributed by atoms with Gasteiger partial charge in [0.25, 0.3) is 0 Å². The normalized spacial score (nSPS) is 11.2. The molecule has 0 aliphatic rings. The van der Waals surface area contributed by atoms with E-state index in [0.29, 0.717) is 17.9 Å². The van der Waals surface area contributed by atoms with Gasteiger partial charge < -0.3 is 16.0 Å². The second kappa shape index (κ2) is 7.02. The van der Waals surface area contributed by atoms with E-state index in [1.54, 1.807) is 29.2 Å². The van der Waals surface area contributed by atoms with Crippen molar-refractivity contribution in [1.29, 1.82) is 0 Å². The Hall–Kier alpha value is -1.92. The van der Waals surface area contributed by atoms with Gasteiger partial charge in [0, 0.05) is 6.54 Å². The molecule has 1 amide bonds. The largest absolute Gasteiger partial charge is 0.405 e. The van der Waals surface area contributed by atoms with E-state index >= 15 is 0 Å². The van der Waals surface area contributed by atoms with E-state index in [4.69, 9.17) is 5.73 Å². The standard InChI is InChI=1S/C13H18F3N3O/c1-2-7-19(11-6-4-3-5-10(11)17)8-12(20)18-9-13(14,15)16/h3-6H,2,7-9,17H2,1H3,(H,18,20). The Balaban J connectivity index is 2.68. The van der Waals surface area contributed by atoms with Crippen LogP contribution in [0, 0.1) is 0 Å². The van der Waals surface area contributed by atoms with Gasteiger partial charge in [0.2, 0.25) is 5.91 Å². The fourth-order valence-corrected chi connectivity index (χ4v) is 1.76. The van der Waals surface area contributed by atoms with Gasteiger partial charge in [0.15, 0.2) is 0 Å². The highest BCUT2D eigenvalue weighted by Crippen LogP contribution is 2.22. The van der Waals surface area contributed by atoms with Crippen molar-refractivity contribution < 1.29 is 18.0 Å². The van der Waals surface area contributed by atoms with Crippen molar-refractivity contribution in [2.24, 2.45) is 0 Å². The van der Waals surface area contributed by atoms with E-state index in [9.17, 15) is 18.0 Å². The zero-order valence-corrected chi connectivity index (χ0v) is 11.2. The minimum Gasteiger partial charge on any atom is -0.397 e. The number of alkyl halides is 3. The predicted octanol–water partition coefficient (Wildman–Crippen LogP) is 2.16. The van der Waals surface area contributed by atoms with Crippen LogP contribution in [0.5, 0.6) is 0 Å². The molecule has 0 heterocycles. The van der Waals surface area contributed by atoms with Crippen molar-refractivity contribution in [2.45, 2.75) is 19.5 Å². The van der Waals surface area contributed by atoms with Crippen LogP contribution in [-0.2, 0) is 4.79 Å². The quantitative estimate of drug-likeness (QED) is 0.789. The van der Waals surface area contributed by atoms with Crippen LogP contribution in [0.1, 0.15) is 13.3 Å². The van der Waals surface area contributed by atoms with E-state index in [-0.39, 0.29) is 6.54 Å². The number of carbonyl (C=O) groups excluding carboxylic acids is 1. The van der Waals surface area contributed by atoms with Gasteiger partial charge in [-0.15, -0.1) is 0 Å². The van der Waals surface area contributed by atoms with Crippen LogP contribution in [0.4, 0.5) is 24.5 Å². The monoisotopic (exact) mass is 289 g/mol. The Morgan fingerprint density at radius 2 is 2.00 bits per heavy atom. The number of nitrogens with two attached hydrogens (primary N) is 1. The number of halogens is 3. The Morgan fingerprint density at radius 1 is 1.35 bits per heavy atom. The maximum absolute atomic E-state index is 12.0. The SMILES string of the molecule is CCCN(CC(=O)NCC(F)(F)F)c1ccccc1N. The van der Waals surface area contributed by atoms with Gasteiger partial charge in [-0.3, -0.25) is 4.79 Å². The maximum atomic E-state index is 12.0. The Morgan fingerprint density at radius 3 is 2.55 bits per heavy atom. The smallest absolute Gasteiger partial charge is 0.397 e. The van der Waals surface area contributed by atoms with Gasteiger partial charge >= 0.3 is 6.18 Å². The third-order valence-corrected chi connectivity index (χ3v) is 2.59. The van der Waals surface area contributed by atoms with E-state index in [1.807, 2.05) is 12.2 Å². The summed E-state index contributed by atoms with van der Waals surface area (Å²) in [6.45, 7) is 0.974. The predicted molar refractivity (Wildman–Crippen MR) is 72.4 cm³/mol. The first kappa shape index (κ1) is 16.1. The van der Waals surface area contributed by atoms with Crippen molar-refractivity contribution >= 4 is 17.3 Å². The molecule has 0 aromatic heterocycles. The average Bonchev–Trinajstić information content (AvgIpc) is 2.36. The van der Waals surface area contributed by atoms with Gasteiger partial charge in [-0.2, -0.15) is 13.2 Å². The number of rotatable bonds is 6. The molecule has 112 valence electrons. The number of nitrogen functional groups attached to an aromatic ring is 1. The van der Waals surface area contributed by atoms with Crippen LogP contribution >= 0.6 is 0 Å². The first-order valence-corrected chi connectivity index (χ1v) is 6.26. The number of benzene rings is 1. The average molecular weight is 289 g/mol. The highest BCUT2D eigenvalue weighted by molar-refractivity contribution is 5.83. The minimum absolute atomic E-state index is 0.155. The van der Waals surface area contributed by atoms with Gasteiger partial charge in [-0.25, -0.2) is 0 Å². The van der Waals surface area contributed by atoms with Crippen molar-refractivity contribution in [3.8, 4) is 0 Å². The fraction of sp³-hybridized carbons (Fsp3) is 0.462. The molecule has 0 atom stereocenters. The first-order chi connectivity index (χ1) is 9.33. The van der Waals surface area contributed by atoms with Crippen LogP contribution in [0.3, 0.4) is 0 Å². The molecule has 1 aromatic rings. The van der Waals surface area contributed by atoms with Gasteiger partial charge in [-0.1, -0.05) is 19.1 Å².